The zero-order valence-corrected chi connectivity index (χ0v) is 26.8. The third-order valence-corrected chi connectivity index (χ3v) is 10.5. The van der Waals surface area contributed by atoms with E-state index in [0.29, 0.717) is 25.3 Å². The number of nitrogens with zero attached hydrogens (tertiary/aromatic N) is 2. The highest BCUT2D eigenvalue weighted by Crippen LogP contribution is 2.36. The Kier molecular flexibility index (Phi) is 11.7. The minimum atomic E-state index is -4.08. The van der Waals surface area contributed by atoms with Gasteiger partial charge in [0.15, 0.2) is 6.29 Å². The van der Waals surface area contributed by atoms with Gasteiger partial charge in [0.05, 0.1) is 36.3 Å². The molecule has 0 bridgehead atoms. The molecule has 44 heavy (non-hydrogen) atoms. The van der Waals surface area contributed by atoms with Crippen molar-refractivity contribution in [2.24, 2.45) is 17.1 Å². The second-order valence-electron chi connectivity index (χ2n) is 12.6. The maximum atomic E-state index is 14.2. The van der Waals surface area contributed by atoms with Crippen LogP contribution in [0.2, 0.25) is 0 Å². The maximum absolute atomic E-state index is 14.2. The zero-order chi connectivity index (χ0) is 31.9. The number of rotatable bonds is 16. The van der Waals surface area contributed by atoms with Gasteiger partial charge in [0.2, 0.25) is 10.0 Å². The topological polar surface area (TPSA) is 155 Å². The highest BCUT2D eigenvalue weighted by atomic mass is 32.2. The van der Waals surface area contributed by atoms with E-state index in [1.54, 1.807) is 25.2 Å². The summed E-state index contributed by atoms with van der Waals surface area (Å²) in [6.45, 7) is 5.03. The largest absolute Gasteiger partial charge is 0.465 e. The molecule has 5 N–H and O–H groups in total. The second-order valence-corrected chi connectivity index (χ2v) is 14.5. The van der Waals surface area contributed by atoms with Gasteiger partial charge in [-0.3, -0.25) is 4.90 Å². The molecule has 2 aliphatic heterocycles. The number of fused-ring (bicyclic) bond motifs is 1. The van der Waals surface area contributed by atoms with Crippen molar-refractivity contribution >= 4 is 21.8 Å². The van der Waals surface area contributed by atoms with Crippen molar-refractivity contribution < 1.29 is 32.9 Å². The molecular weight excluding hydrogens is 584 g/mol. The Balaban J connectivity index is 1.70. The first-order chi connectivity index (χ1) is 21.0. The van der Waals surface area contributed by atoms with Crippen LogP contribution in [-0.4, -0.2) is 98.3 Å². The van der Waals surface area contributed by atoms with Gasteiger partial charge in [-0.2, -0.15) is 4.31 Å². The second kappa shape index (κ2) is 15.0. The average Bonchev–Trinajstić information content (AvgIpc) is 3.62. The number of hydrogen-bond donors (Lipinski definition) is 4. The normalized spacial score (nSPS) is 21.6. The smallest absolute Gasteiger partial charge is 0.407 e. The lowest BCUT2D eigenvalue weighted by Crippen LogP contribution is -2.58. The lowest BCUT2D eigenvalue weighted by molar-refractivity contribution is -0.0906. The molecule has 2 aliphatic rings. The van der Waals surface area contributed by atoms with E-state index >= 15 is 0 Å². The predicted molar refractivity (Wildman–Crippen MR) is 169 cm³/mol. The van der Waals surface area contributed by atoms with E-state index in [9.17, 15) is 23.4 Å². The van der Waals surface area contributed by atoms with Gasteiger partial charge in [-0.05, 0) is 61.4 Å². The van der Waals surface area contributed by atoms with Crippen molar-refractivity contribution in [3.8, 4) is 0 Å². The first-order valence-electron chi connectivity index (χ1n) is 15.4. The summed E-state index contributed by atoms with van der Waals surface area (Å²) in [5.41, 5.74) is 6.76. The van der Waals surface area contributed by atoms with Crippen LogP contribution in [0.25, 0.3) is 0 Å². The van der Waals surface area contributed by atoms with E-state index < -0.39 is 46.0 Å². The minimum Gasteiger partial charge on any atom is -0.465 e. The zero-order valence-electron chi connectivity index (χ0n) is 26.0. The van der Waals surface area contributed by atoms with Crippen LogP contribution in [0.3, 0.4) is 0 Å². The monoisotopic (exact) mass is 632 g/mol. The molecule has 244 valence electrons. The molecule has 0 aliphatic carbocycles. The molecule has 1 amide bonds. The Morgan fingerprint density at radius 1 is 1.14 bits per heavy atom. The number of sulfonamides is 1. The highest BCUT2D eigenvalue weighted by Gasteiger charge is 2.49. The SMILES string of the molecule is CNc1cccc(S(=O)(=O)N(C[C@@H](O)[C@H](Cc2ccccc2)N(C(=O)O)[C@H]2CO[C@H]3OCC[C@H]32)CC(C)(C)CCCCN)c1. The van der Waals surface area contributed by atoms with Gasteiger partial charge in [-0.25, -0.2) is 13.2 Å². The summed E-state index contributed by atoms with van der Waals surface area (Å²) in [5.74, 6) is -0.165. The van der Waals surface area contributed by atoms with E-state index in [1.807, 2.05) is 44.2 Å². The van der Waals surface area contributed by atoms with E-state index in [0.717, 1.165) is 24.8 Å². The summed E-state index contributed by atoms with van der Waals surface area (Å²) in [7, 11) is -2.36. The highest BCUT2D eigenvalue weighted by molar-refractivity contribution is 7.89. The number of aliphatic hydroxyl groups excluding tert-OH is 1. The number of carboxylic acid groups (broad SMARTS) is 1. The lowest BCUT2D eigenvalue weighted by Gasteiger charge is -2.40. The number of anilines is 1. The summed E-state index contributed by atoms with van der Waals surface area (Å²) in [6.07, 6.45) is 0.232. The molecule has 11 nitrogen and oxygen atoms in total. The number of benzene rings is 2. The summed E-state index contributed by atoms with van der Waals surface area (Å²) in [6, 6.07) is 14.4. The summed E-state index contributed by atoms with van der Waals surface area (Å²) < 4.78 is 41.2. The molecule has 5 atom stereocenters. The molecule has 2 fully saturated rings. The van der Waals surface area contributed by atoms with Crippen LogP contribution in [0.5, 0.6) is 0 Å². The number of aliphatic hydroxyl groups is 1. The molecule has 2 aromatic rings. The number of unbranched alkanes of at least 4 members (excludes halogenated alkanes) is 1. The Morgan fingerprint density at radius 3 is 2.57 bits per heavy atom. The number of hydrogen-bond acceptors (Lipinski definition) is 8. The molecule has 2 heterocycles. The molecular formula is C32H48N4O7S. The summed E-state index contributed by atoms with van der Waals surface area (Å²) in [4.78, 5) is 14.3. The van der Waals surface area contributed by atoms with Crippen molar-refractivity contribution in [2.75, 3.05) is 45.2 Å². The predicted octanol–water partition coefficient (Wildman–Crippen LogP) is 3.59. The van der Waals surface area contributed by atoms with Gasteiger partial charge >= 0.3 is 6.09 Å². The van der Waals surface area contributed by atoms with Gasteiger partial charge in [-0.15, -0.1) is 0 Å². The number of amides is 1. The van der Waals surface area contributed by atoms with E-state index in [-0.39, 0.29) is 36.9 Å². The fourth-order valence-electron chi connectivity index (χ4n) is 6.38. The Hall–Kier alpha value is -2.74. The van der Waals surface area contributed by atoms with Crippen LogP contribution in [0.15, 0.2) is 59.5 Å². The first kappa shape index (κ1) is 34.1. The molecule has 0 aromatic heterocycles. The van der Waals surface area contributed by atoms with Gasteiger partial charge in [0, 0.05) is 31.7 Å². The van der Waals surface area contributed by atoms with Crippen molar-refractivity contribution in [3.63, 3.8) is 0 Å². The third kappa shape index (κ3) is 8.29. The van der Waals surface area contributed by atoms with Crippen molar-refractivity contribution in [1.82, 2.24) is 9.21 Å². The number of carbonyl (C=O) groups is 1. The van der Waals surface area contributed by atoms with E-state index in [1.165, 1.54) is 15.3 Å². The average molecular weight is 633 g/mol. The Bertz CT molecular complexity index is 1330. The molecule has 0 radical (unpaired) electrons. The van der Waals surface area contributed by atoms with Crippen molar-refractivity contribution in [3.05, 3.63) is 60.2 Å². The maximum Gasteiger partial charge on any atom is 0.407 e. The van der Waals surface area contributed by atoms with Crippen LogP contribution >= 0.6 is 0 Å². The molecule has 0 unspecified atom stereocenters. The van der Waals surface area contributed by atoms with Crippen LogP contribution < -0.4 is 11.1 Å². The molecule has 0 spiro atoms. The van der Waals surface area contributed by atoms with Crippen molar-refractivity contribution in [2.45, 2.75) is 75.3 Å². The van der Waals surface area contributed by atoms with Crippen LogP contribution in [-0.2, 0) is 25.9 Å². The Labute approximate surface area is 261 Å². The minimum absolute atomic E-state index is 0.0964. The standard InChI is InChI=1S/C32H48N4O7S/c1-32(2,15-7-8-16-33)22-35(44(40,41)25-13-9-12-24(19-25)34-3)20-29(37)27(18-23-10-5-4-6-11-23)36(31(38)39)28-21-43-30-26(28)14-17-42-30/h4-6,9-13,19,26-30,34,37H,7-8,14-18,20-22,33H2,1-3H3,(H,38,39)/t26-,27-,28-,29+,30+/m0/s1. The molecule has 2 saturated heterocycles. The van der Waals surface area contributed by atoms with E-state index in [2.05, 4.69) is 5.32 Å². The lowest BCUT2D eigenvalue weighted by atomic mass is 9.87. The van der Waals surface area contributed by atoms with E-state index in [4.69, 9.17) is 15.2 Å². The number of nitrogens with two attached hydrogens (primary N) is 1. The van der Waals surface area contributed by atoms with Crippen molar-refractivity contribution in [1.29, 1.82) is 0 Å². The van der Waals surface area contributed by atoms with Gasteiger partial charge in [0.1, 0.15) is 0 Å². The van der Waals surface area contributed by atoms with Crippen LogP contribution in [0, 0.1) is 11.3 Å². The fraction of sp³-hybridized carbons (Fsp3) is 0.594. The first-order valence-corrected chi connectivity index (χ1v) is 16.9. The van der Waals surface area contributed by atoms with Crippen LogP contribution in [0.1, 0.15) is 45.1 Å². The molecule has 12 heteroatoms. The molecule has 4 rings (SSSR count). The fourth-order valence-corrected chi connectivity index (χ4v) is 8.07. The number of ether oxygens (including phenoxy) is 2. The summed E-state index contributed by atoms with van der Waals surface area (Å²) in [5, 5.41) is 25.5. The Morgan fingerprint density at radius 2 is 1.89 bits per heavy atom. The van der Waals surface area contributed by atoms with Gasteiger partial charge < -0.3 is 30.7 Å². The third-order valence-electron chi connectivity index (χ3n) is 8.74. The number of nitrogens with one attached hydrogen (secondary N) is 1. The van der Waals surface area contributed by atoms with Gasteiger partial charge in [-0.1, -0.05) is 56.7 Å². The molecule has 0 saturated carbocycles. The summed E-state index contributed by atoms with van der Waals surface area (Å²) >= 11 is 0. The quantitative estimate of drug-likeness (QED) is 0.203. The van der Waals surface area contributed by atoms with Gasteiger partial charge in [0.25, 0.3) is 0 Å². The van der Waals surface area contributed by atoms with Crippen LogP contribution in [0.4, 0.5) is 10.5 Å². The molecule has 2 aromatic carbocycles.